The Labute approximate surface area is 134 Å². The average molecular weight is 335 g/mol. The molecule has 0 aliphatic carbocycles. The van der Waals surface area contributed by atoms with E-state index in [0.29, 0.717) is 27.4 Å². The second kappa shape index (κ2) is 5.77. The number of non-ortho nitro benzene ring substituents is 1. The third kappa shape index (κ3) is 2.78. The van der Waals surface area contributed by atoms with Crippen LogP contribution < -0.4 is 10.5 Å². The number of hydrogen-bond donors (Lipinski definition) is 0. The van der Waals surface area contributed by atoms with Crippen molar-refractivity contribution in [1.82, 2.24) is 4.57 Å². The van der Waals surface area contributed by atoms with Gasteiger partial charge in [0.15, 0.2) is 5.58 Å². The Morgan fingerprint density at radius 2 is 2.09 bits per heavy atom. The number of nitrogens with zero attached hydrogens (tertiary/aromatic N) is 2. The highest BCUT2D eigenvalue weighted by atomic mass is 35.5. The molecule has 0 radical (unpaired) electrons. The Hall–Kier alpha value is -2.80. The van der Waals surface area contributed by atoms with Crippen LogP contribution in [0.4, 0.5) is 5.69 Å². The zero-order valence-corrected chi connectivity index (χ0v) is 12.7. The summed E-state index contributed by atoms with van der Waals surface area (Å²) in [6, 6.07) is 9.02. The number of hydrogen-bond acceptors (Lipinski definition) is 5. The maximum Gasteiger partial charge on any atom is 0.420 e. The molecular formula is C15H11ClN2O5. The van der Waals surface area contributed by atoms with Gasteiger partial charge >= 0.3 is 5.76 Å². The van der Waals surface area contributed by atoms with Crippen LogP contribution in [0.1, 0.15) is 5.56 Å². The quantitative estimate of drug-likeness (QED) is 0.540. The molecule has 0 saturated carbocycles. The molecule has 0 N–H and O–H groups in total. The molecule has 0 atom stereocenters. The average Bonchev–Trinajstić information content (AvgIpc) is 2.83. The van der Waals surface area contributed by atoms with Gasteiger partial charge in [0.2, 0.25) is 0 Å². The molecule has 23 heavy (non-hydrogen) atoms. The Kier molecular flexibility index (Phi) is 3.79. The molecule has 0 bridgehead atoms. The topological polar surface area (TPSA) is 87.5 Å². The van der Waals surface area contributed by atoms with Crippen molar-refractivity contribution in [3.63, 3.8) is 0 Å². The van der Waals surface area contributed by atoms with E-state index in [2.05, 4.69) is 0 Å². The van der Waals surface area contributed by atoms with E-state index in [1.54, 1.807) is 18.2 Å². The summed E-state index contributed by atoms with van der Waals surface area (Å²) in [5.74, 6) is -0.130. The lowest BCUT2D eigenvalue weighted by Crippen LogP contribution is -2.15. The van der Waals surface area contributed by atoms with Gasteiger partial charge in [0, 0.05) is 22.7 Å². The van der Waals surface area contributed by atoms with Gasteiger partial charge in [-0.05, 0) is 24.3 Å². The van der Waals surface area contributed by atoms with Crippen LogP contribution in [0, 0.1) is 10.1 Å². The predicted octanol–water partition coefficient (Wildman–Crippen LogP) is 3.21. The molecule has 0 amide bonds. The highest BCUT2D eigenvalue weighted by Gasteiger charge is 2.15. The molecule has 2 aromatic carbocycles. The lowest BCUT2D eigenvalue weighted by molar-refractivity contribution is -0.384. The predicted molar refractivity (Wildman–Crippen MR) is 84.2 cm³/mol. The molecule has 0 fully saturated rings. The third-order valence-electron chi connectivity index (χ3n) is 3.43. The van der Waals surface area contributed by atoms with Crippen LogP contribution in [0.3, 0.4) is 0 Å². The number of oxazole rings is 1. The Morgan fingerprint density at radius 1 is 1.30 bits per heavy atom. The van der Waals surface area contributed by atoms with E-state index in [-0.39, 0.29) is 12.2 Å². The highest BCUT2D eigenvalue weighted by Crippen LogP contribution is 2.26. The van der Waals surface area contributed by atoms with Gasteiger partial charge < -0.3 is 9.15 Å². The lowest BCUT2D eigenvalue weighted by Gasteiger charge is -2.08. The molecule has 1 aromatic heterocycles. The number of rotatable bonds is 4. The van der Waals surface area contributed by atoms with Gasteiger partial charge in [-0.1, -0.05) is 11.6 Å². The Balaban J connectivity index is 2.13. The van der Waals surface area contributed by atoms with Crippen molar-refractivity contribution in [2.45, 2.75) is 6.54 Å². The summed E-state index contributed by atoms with van der Waals surface area (Å²) in [6.07, 6.45) is 0. The van der Waals surface area contributed by atoms with Crippen molar-refractivity contribution in [2.24, 2.45) is 0 Å². The van der Waals surface area contributed by atoms with Gasteiger partial charge in [-0.15, -0.1) is 0 Å². The monoisotopic (exact) mass is 334 g/mol. The minimum atomic E-state index is -0.573. The number of methoxy groups -OCH3 is 1. The summed E-state index contributed by atoms with van der Waals surface area (Å²) in [4.78, 5) is 22.5. The zero-order valence-electron chi connectivity index (χ0n) is 12.0. The van der Waals surface area contributed by atoms with Crippen molar-refractivity contribution in [1.29, 1.82) is 0 Å². The van der Waals surface area contributed by atoms with Crippen LogP contribution in [0.25, 0.3) is 11.1 Å². The van der Waals surface area contributed by atoms with E-state index in [0.717, 1.165) is 0 Å². The molecular weight excluding hydrogens is 324 g/mol. The van der Waals surface area contributed by atoms with Crippen molar-refractivity contribution >= 4 is 28.4 Å². The molecule has 0 saturated heterocycles. The zero-order chi connectivity index (χ0) is 16.6. The van der Waals surface area contributed by atoms with Gasteiger partial charge in [-0.25, -0.2) is 4.79 Å². The largest absolute Gasteiger partial charge is 0.496 e. The molecule has 3 aromatic rings. The van der Waals surface area contributed by atoms with E-state index in [1.807, 2.05) is 0 Å². The fourth-order valence-corrected chi connectivity index (χ4v) is 2.52. The molecule has 0 aliphatic heterocycles. The van der Waals surface area contributed by atoms with Crippen LogP contribution in [0.15, 0.2) is 45.6 Å². The second-order valence-electron chi connectivity index (χ2n) is 4.82. The number of nitro groups is 1. The van der Waals surface area contributed by atoms with Gasteiger partial charge in [-0.3, -0.25) is 14.7 Å². The number of benzene rings is 2. The van der Waals surface area contributed by atoms with Crippen LogP contribution in [-0.4, -0.2) is 16.6 Å². The smallest absolute Gasteiger partial charge is 0.420 e. The molecule has 118 valence electrons. The number of fused-ring (bicyclic) bond motifs is 1. The first-order valence-electron chi connectivity index (χ1n) is 6.60. The van der Waals surface area contributed by atoms with Crippen molar-refractivity contribution in [3.8, 4) is 5.75 Å². The normalized spacial score (nSPS) is 10.9. The number of nitro benzene ring substituents is 1. The van der Waals surface area contributed by atoms with Crippen molar-refractivity contribution in [2.75, 3.05) is 7.11 Å². The Morgan fingerprint density at radius 3 is 2.78 bits per heavy atom. The van der Waals surface area contributed by atoms with Crippen molar-refractivity contribution in [3.05, 3.63) is 67.6 Å². The molecule has 0 aliphatic rings. The first-order valence-corrected chi connectivity index (χ1v) is 6.97. The maximum atomic E-state index is 12.1. The minimum absolute atomic E-state index is 0.0665. The third-order valence-corrected chi connectivity index (χ3v) is 3.67. The standard InChI is InChI=1S/C15H11ClN2O5/c1-22-13-5-3-11(18(20)21)6-9(13)8-17-12-7-10(16)2-4-14(12)23-15(17)19/h2-7H,8H2,1H3. The summed E-state index contributed by atoms with van der Waals surface area (Å²) in [5.41, 5.74) is 1.31. The second-order valence-corrected chi connectivity index (χ2v) is 5.26. The van der Waals surface area contributed by atoms with E-state index >= 15 is 0 Å². The molecule has 7 nitrogen and oxygen atoms in total. The fraction of sp³-hybridized carbons (Fsp3) is 0.133. The Bertz CT molecular complexity index is 960. The van der Waals surface area contributed by atoms with Gasteiger partial charge in [0.25, 0.3) is 5.69 Å². The number of halogens is 1. The molecule has 0 spiro atoms. The summed E-state index contributed by atoms with van der Waals surface area (Å²) in [7, 11) is 1.46. The van der Waals surface area contributed by atoms with Crippen molar-refractivity contribution < 1.29 is 14.1 Å². The molecule has 8 heteroatoms. The molecule has 1 heterocycles. The van der Waals surface area contributed by atoms with Gasteiger partial charge in [0.05, 0.1) is 24.1 Å². The lowest BCUT2D eigenvalue weighted by atomic mass is 10.1. The first kappa shape index (κ1) is 15.1. The summed E-state index contributed by atoms with van der Waals surface area (Å²) >= 11 is 5.96. The van der Waals surface area contributed by atoms with Gasteiger partial charge in [0.1, 0.15) is 5.75 Å². The summed E-state index contributed by atoms with van der Waals surface area (Å²) in [5, 5.41) is 11.4. The minimum Gasteiger partial charge on any atom is -0.496 e. The summed E-state index contributed by atoms with van der Waals surface area (Å²) < 4.78 is 11.7. The number of aromatic nitrogens is 1. The number of ether oxygens (including phenoxy) is 1. The molecule has 3 rings (SSSR count). The fourth-order valence-electron chi connectivity index (χ4n) is 2.36. The van der Waals surface area contributed by atoms with Crippen LogP contribution in [0.2, 0.25) is 5.02 Å². The first-order chi connectivity index (χ1) is 11.0. The van der Waals surface area contributed by atoms with E-state index in [1.165, 1.54) is 29.9 Å². The highest BCUT2D eigenvalue weighted by molar-refractivity contribution is 6.31. The maximum absolute atomic E-state index is 12.1. The van der Waals surface area contributed by atoms with Gasteiger partial charge in [-0.2, -0.15) is 0 Å². The van der Waals surface area contributed by atoms with E-state index in [4.69, 9.17) is 20.8 Å². The van der Waals surface area contributed by atoms with Crippen LogP contribution in [0.5, 0.6) is 5.75 Å². The summed E-state index contributed by atoms with van der Waals surface area (Å²) in [6.45, 7) is 0.0665. The van der Waals surface area contributed by atoms with Crippen LogP contribution >= 0.6 is 11.6 Å². The van der Waals surface area contributed by atoms with E-state index < -0.39 is 10.7 Å². The van der Waals surface area contributed by atoms with E-state index in [9.17, 15) is 14.9 Å². The SMILES string of the molecule is COc1ccc([N+](=O)[O-])cc1Cn1c(=O)oc2ccc(Cl)cc21. The molecule has 0 unspecified atom stereocenters. The van der Waals surface area contributed by atoms with Crippen LogP contribution in [-0.2, 0) is 6.54 Å².